The van der Waals surface area contributed by atoms with Crippen molar-refractivity contribution in [2.45, 2.75) is 18.1 Å². The minimum atomic E-state index is -3.44. The number of nitrogens with zero attached hydrogens (tertiary/aromatic N) is 1. The molecular formula is C9H15ClN2O3S. The van der Waals surface area contributed by atoms with Crippen molar-refractivity contribution in [1.29, 1.82) is 0 Å². The predicted molar refractivity (Wildman–Crippen MR) is 62.2 cm³/mol. The zero-order valence-corrected chi connectivity index (χ0v) is 10.6. The van der Waals surface area contributed by atoms with Gasteiger partial charge in [-0.05, 0) is 19.1 Å². The van der Waals surface area contributed by atoms with E-state index in [1.807, 2.05) is 6.92 Å². The monoisotopic (exact) mass is 266 g/mol. The van der Waals surface area contributed by atoms with Crippen LogP contribution >= 0.6 is 12.4 Å². The van der Waals surface area contributed by atoms with Crippen molar-refractivity contribution in [2.75, 3.05) is 19.6 Å². The minimum Gasteiger partial charge on any atom is -0.452 e. The summed E-state index contributed by atoms with van der Waals surface area (Å²) < 4.78 is 30.6. The van der Waals surface area contributed by atoms with Gasteiger partial charge in [-0.15, -0.1) is 12.4 Å². The van der Waals surface area contributed by atoms with Gasteiger partial charge in [0.25, 0.3) is 10.0 Å². The van der Waals surface area contributed by atoms with Gasteiger partial charge in [0.2, 0.25) is 5.09 Å². The Hall–Kier alpha value is -0.560. The van der Waals surface area contributed by atoms with Crippen LogP contribution in [0.25, 0.3) is 0 Å². The molecule has 5 nitrogen and oxygen atoms in total. The van der Waals surface area contributed by atoms with E-state index in [9.17, 15) is 8.42 Å². The molecular weight excluding hydrogens is 252 g/mol. The fourth-order valence-corrected chi connectivity index (χ4v) is 3.24. The molecule has 1 aromatic rings. The molecule has 0 saturated carbocycles. The Kier molecular flexibility index (Phi) is 4.37. The fourth-order valence-electron chi connectivity index (χ4n) is 1.71. The summed E-state index contributed by atoms with van der Waals surface area (Å²) in [4.78, 5) is 0. The van der Waals surface area contributed by atoms with Gasteiger partial charge in [-0.3, -0.25) is 0 Å². The quantitative estimate of drug-likeness (QED) is 0.855. The van der Waals surface area contributed by atoms with E-state index in [2.05, 4.69) is 5.32 Å². The van der Waals surface area contributed by atoms with Crippen LogP contribution in [0.1, 0.15) is 6.92 Å². The van der Waals surface area contributed by atoms with Crippen LogP contribution in [0.2, 0.25) is 0 Å². The lowest BCUT2D eigenvalue weighted by molar-refractivity contribution is 0.276. The van der Waals surface area contributed by atoms with Crippen molar-refractivity contribution in [1.82, 2.24) is 9.62 Å². The third-order valence-corrected chi connectivity index (χ3v) is 4.40. The van der Waals surface area contributed by atoms with E-state index in [1.165, 1.54) is 16.6 Å². The smallest absolute Gasteiger partial charge is 0.276 e. The number of rotatable bonds is 2. The molecule has 0 aromatic carbocycles. The maximum atomic E-state index is 12.1. The van der Waals surface area contributed by atoms with Crippen molar-refractivity contribution < 1.29 is 12.8 Å². The second-order valence-corrected chi connectivity index (χ2v) is 5.42. The first-order chi connectivity index (χ1) is 7.12. The van der Waals surface area contributed by atoms with E-state index >= 15 is 0 Å². The summed E-state index contributed by atoms with van der Waals surface area (Å²) in [6.07, 6.45) is 1.37. The van der Waals surface area contributed by atoms with Gasteiger partial charge >= 0.3 is 0 Å². The first kappa shape index (κ1) is 13.5. The van der Waals surface area contributed by atoms with Gasteiger partial charge < -0.3 is 9.73 Å². The molecule has 0 radical (unpaired) electrons. The van der Waals surface area contributed by atoms with E-state index in [1.54, 1.807) is 6.07 Å². The van der Waals surface area contributed by atoms with E-state index in [4.69, 9.17) is 4.42 Å². The highest BCUT2D eigenvalue weighted by Gasteiger charge is 2.32. The van der Waals surface area contributed by atoms with Crippen LogP contribution in [0.4, 0.5) is 0 Å². The van der Waals surface area contributed by atoms with Crippen LogP contribution in [0, 0.1) is 0 Å². The van der Waals surface area contributed by atoms with Crippen LogP contribution in [0.15, 0.2) is 27.9 Å². The third kappa shape index (κ3) is 2.40. The molecule has 1 atom stereocenters. The maximum absolute atomic E-state index is 12.1. The van der Waals surface area contributed by atoms with Gasteiger partial charge in [-0.1, -0.05) is 0 Å². The first-order valence-corrected chi connectivity index (χ1v) is 6.32. The Morgan fingerprint density at radius 1 is 1.56 bits per heavy atom. The molecule has 1 aliphatic rings. The Morgan fingerprint density at radius 2 is 2.31 bits per heavy atom. The molecule has 0 amide bonds. The van der Waals surface area contributed by atoms with Gasteiger partial charge in [-0.2, -0.15) is 4.31 Å². The predicted octanol–water partition coefficient (Wildman–Crippen LogP) is 0.684. The van der Waals surface area contributed by atoms with E-state index in [0.717, 1.165) is 0 Å². The lowest BCUT2D eigenvalue weighted by Gasteiger charge is -2.31. The number of hydrogen-bond acceptors (Lipinski definition) is 4. The fraction of sp³-hybridized carbons (Fsp3) is 0.556. The molecule has 1 unspecified atom stereocenters. The molecule has 16 heavy (non-hydrogen) atoms. The van der Waals surface area contributed by atoms with Crippen LogP contribution in [-0.2, 0) is 10.0 Å². The Balaban J connectivity index is 0.00000128. The van der Waals surface area contributed by atoms with Gasteiger partial charge in [-0.25, -0.2) is 8.42 Å². The lowest BCUT2D eigenvalue weighted by Crippen LogP contribution is -2.51. The number of nitrogens with one attached hydrogen (secondary N) is 1. The molecule has 92 valence electrons. The van der Waals surface area contributed by atoms with E-state index in [0.29, 0.717) is 19.6 Å². The lowest BCUT2D eigenvalue weighted by atomic mass is 10.3. The highest BCUT2D eigenvalue weighted by molar-refractivity contribution is 7.89. The molecule has 0 aliphatic carbocycles. The second-order valence-electron chi connectivity index (χ2n) is 3.60. The topological polar surface area (TPSA) is 62.6 Å². The van der Waals surface area contributed by atoms with E-state index < -0.39 is 10.0 Å². The normalized spacial score (nSPS) is 22.7. The second kappa shape index (κ2) is 5.18. The highest BCUT2D eigenvalue weighted by atomic mass is 35.5. The molecule has 2 rings (SSSR count). The summed E-state index contributed by atoms with van der Waals surface area (Å²) in [6, 6.07) is 3.03. The number of piperazine rings is 1. The number of halogens is 1. The number of furan rings is 1. The summed E-state index contributed by atoms with van der Waals surface area (Å²) in [6.45, 7) is 3.74. The van der Waals surface area contributed by atoms with Crippen molar-refractivity contribution in [3.63, 3.8) is 0 Å². The largest absolute Gasteiger partial charge is 0.452 e. The average molecular weight is 267 g/mol. The molecule has 0 bridgehead atoms. The molecule has 1 saturated heterocycles. The summed E-state index contributed by atoms with van der Waals surface area (Å²) in [5.74, 6) is 0. The molecule has 7 heteroatoms. The summed E-state index contributed by atoms with van der Waals surface area (Å²) in [7, 11) is -3.44. The number of sulfonamides is 1. The average Bonchev–Trinajstić information content (AvgIpc) is 2.71. The number of hydrogen-bond donors (Lipinski definition) is 1. The van der Waals surface area contributed by atoms with Crippen LogP contribution < -0.4 is 5.32 Å². The zero-order valence-electron chi connectivity index (χ0n) is 8.92. The molecule has 1 fully saturated rings. The van der Waals surface area contributed by atoms with E-state index in [-0.39, 0.29) is 23.5 Å². The van der Waals surface area contributed by atoms with Crippen molar-refractivity contribution in [2.24, 2.45) is 0 Å². The third-order valence-electron chi connectivity index (χ3n) is 2.50. The van der Waals surface area contributed by atoms with Gasteiger partial charge in [0.1, 0.15) is 0 Å². The van der Waals surface area contributed by atoms with Gasteiger partial charge in [0.15, 0.2) is 0 Å². The molecule has 0 spiro atoms. The molecule has 1 N–H and O–H groups in total. The highest BCUT2D eigenvalue weighted by Crippen LogP contribution is 2.19. The Labute approximate surface area is 101 Å². The first-order valence-electron chi connectivity index (χ1n) is 4.88. The standard InChI is InChI=1S/C9H14N2O3S.ClH/c1-8-7-10-4-5-11(8)15(12,13)9-3-2-6-14-9;/h2-3,6,8,10H,4-5,7H2,1H3;1H. The van der Waals surface area contributed by atoms with Crippen LogP contribution in [0.5, 0.6) is 0 Å². The zero-order chi connectivity index (χ0) is 10.9. The molecule has 1 aromatic heterocycles. The minimum absolute atomic E-state index is 0. The SMILES string of the molecule is CC1CNCCN1S(=O)(=O)c1ccco1.Cl. The molecule has 1 aliphatic heterocycles. The Bertz CT molecular complexity index is 418. The van der Waals surface area contributed by atoms with Crippen LogP contribution in [0.3, 0.4) is 0 Å². The summed E-state index contributed by atoms with van der Waals surface area (Å²) in [5, 5.41) is 3.17. The molecule has 2 heterocycles. The van der Waals surface area contributed by atoms with Crippen molar-refractivity contribution >= 4 is 22.4 Å². The van der Waals surface area contributed by atoms with Gasteiger partial charge in [0.05, 0.1) is 6.26 Å². The van der Waals surface area contributed by atoms with Gasteiger partial charge in [0, 0.05) is 25.7 Å². The Morgan fingerprint density at radius 3 is 2.88 bits per heavy atom. The van der Waals surface area contributed by atoms with Crippen molar-refractivity contribution in [3.8, 4) is 0 Å². The van der Waals surface area contributed by atoms with Crippen molar-refractivity contribution in [3.05, 3.63) is 18.4 Å². The maximum Gasteiger partial charge on any atom is 0.276 e. The summed E-state index contributed by atoms with van der Waals surface area (Å²) in [5.41, 5.74) is 0. The van der Waals surface area contributed by atoms with Crippen LogP contribution in [-0.4, -0.2) is 38.4 Å². The summed E-state index contributed by atoms with van der Waals surface area (Å²) >= 11 is 0.